The summed E-state index contributed by atoms with van der Waals surface area (Å²) in [7, 11) is 0. The number of nitrogens with zero attached hydrogens (tertiary/aromatic N) is 1. The van der Waals surface area contributed by atoms with Gasteiger partial charge in [0.25, 0.3) is 0 Å². The van der Waals surface area contributed by atoms with E-state index < -0.39 is 0 Å². The number of hydrogen-bond acceptors (Lipinski definition) is 2. The maximum Gasteiger partial charge on any atom is 0.0353 e. The minimum Gasteiger partial charge on any atom is -0.264 e. The molecule has 0 N–H and O–H groups in total. The van der Waals surface area contributed by atoms with Crippen molar-refractivity contribution in [3.63, 3.8) is 0 Å². The zero-order valence-electron chi connectivity index (χ0n) is 21.1. The zero-order valence-corrected chi connectivity index (χ0v) is 22.0. The normalized spacial score (nSPS) is 11.7. The summed E-state index contributed by atoms with van der Waals surface area (Å²) in [5.74, 6) is 0. The van der Waals surface area contributed by atoms with Crippen molar-refractivity contribution in [3.8, 4) is 11.1 Å². The zero-order chi connectivity index (χ0) is 25.8. The molecule has 0 aliphatic heterocycles. The molecule has 0 aliphatic rings. The topological polar surface area (TPSA) is 12.9 Å². The number of hydrogen-bond donors (Lipinski definition) is 0. The Hall–Kier alpha value is -4.66. The van der Waals surface area contributed by atoms with Crippen molar-refractivity contribution < 1.29 is 0 Å². The SMILES string of the molecule is c1ccc2c(-c3c4ccccc4c(Sc4cc5ccccc5c5ccccc45)c4ccncc34)cccc2c1. The molecule has 0 fully saturated rings. The Balaban J connectivity index is 1.46. The highest BCUT2D eigenvalue weighted by Crippen LogP contribution is 2.48. The van der Waals surface area contributed by atoms with E-state index in [1.807, 2.05) is 24.2 Å². The standard InChI is InChI=1S/C37H23NS/c1-3-13-26-24(10-1)12-9-19-30(26)36-31-17-7-8-18-32(31)37(33-20-21-38-23-34(33)36)39-35-22-25-11-2-4-14-27(25)28-15-5-6-16-29(28)35/h1-23H. The number of benzene rings is 7. The van der Waals surface area contributed by atoms with E-state index >= 15 is 0 Å². The quantitative estimate of drug-likeness (QED) is 0.172. The first-order chi connectivity index (χ1) is 19.4. The Morgan fingerprint density at radius 3 is 1.90 bits per heavy atom. The molecule has 0 atom stereocenters. The third-order valence-corrected chi connectivity index (χ3v) is 8.98. The summed E-state index contributed by atoms with van der Waals surface area (Å²) in [6.07, 6.45) is 3.97. The molecular formula is C37H23NS. The van der Waals surface area contributed by atoms with E-state index in [1.54, 1.807) is 0 Å². The van der Waals surface area contributed by atoms with Gasteiger partial charge in [-0.3, -0.25) is 4.98 Å². The Bertz CT molecular complexity index is 2150. The van der Waals surface area contributed by atoms with Gasteiger partial charge < -0.3 is 0 Å². The molecule has 1 heterocycles. The smallest absolute Gasteiger partial charge is 0.0353 e. The maximum atomic E-state index is 4.62. The first kappa shape index (κ1) is 22.3. The van der Waals surface area contributed by atoms with Crippen LogP contribution in [0.5, 0.6) is 0 Å². The molecule has 7 aromatic carbocycles. The molecule has 0 saturated heterocycles. The third-order valence-electron chi connectivity index (χ3n) is 7.78. The van der Waals surface area contributed by atoms with Crippen LogP contribution >= 0.6 is 11.8 Å². The predicted molar refractivity (Wildman–Crippen MR) is 168 cm³/mol. The van der Waals surface area contributed by atoms with Crippen LogP contribution in [0.25, 0.3) is 65.0 Å². The second kappa shape index (κ2) is 8.97. The highest BCUT2D eigenvalue weighted by molar-refractivity contribution is 8.00. The van der Waals surface area contributed by atoms with Crippen LogP contribution in [0.1, 0.15) is 0 Å². The highest BCUT2D eigenvalue weighted by Gasteiger charge is 2.18. The molecule has 0 unspecified atom stereocenters. The summed E-state index contributed by atoms with van der Waals surface area (Å²) in [6, 6.07) is 46.1. The van der Waals surface area contributed by atoms with Crippen molar-refractivity contribution >= 4 is 65.6 Å². The van der Waals surface area contributed by atoms with Gasteiger partial charge >= 0.3 is 0 Å². The van der Waals surface area contributed by atoms with E-state index in [2.05, 4.69) is 132 Å². The van der Waals surface area contributed by atoms with Gasteiger partial charge in [0.1, 0.15) is 0 Å². The third kappa shape index (κ3) is 3.53. The Labute approximate surface area is 230 Å². The molecule has 0 saturated carbocycles. The van der Waals surface area contributed by atoms with Crippen LogP contribution in [-0.4, -0.2) is 4.98 Å². The number of rotatable bonds is 3. The van der Waals surface area contributed by atoms with Crippen LogP contribution in [0, 0.1) is 0 Å². The summed E-state index contributed by atoms with van der Waals surface area (Å²) < 4.78 is 0. The van der Waals surface area contributed by atoms with Gasteiger partial charge in [0.2, 0.25) is 0 Å². The summed E-state index contributed by atoms with van der Waals surface area (Å²) >= 11 is 1.87. The lowest BCUT2D eigenvalue weighted by Crippen LogP contribution is -1.91. The molecule has 182 valence electrons. The molecule has 0 aliphatic carbocycles. The van der Waals surface area contributed by atoms with E-state index in [1.165, 1.54) is 74.8 Å². The fraction of sp³-hybridized carbons (Fsp3) is 0. The molecule has 0 bridgehead atoms. The lowest BCUT2D eigenvalue weighted by Gasteiger charge is -2.18. The number of aromatic nitrogens is 1. The van der Waals surface area contributed by atoms with Crippen molar-refractivity contribution in [1.29, 1.82) is 0 Å². The molecule has 0 spiro atoms. The van der Waals surface area contributed by atoms with Gasteiger partial charge in [-0.1, -0.05) is 127 Å². The molecule has 1 nitrogen and oxygen atoms in total. The summed E-state index contributed by atoms with van der Waals surface area (Å²) in [4.78, 5) is 7.16. The van der Waals surface area contributed by atoms with Crippen molar-refractivity contribution in [2.45, 2.75) is 9.79 Å². The molecule has 8 rings (SSSR count). The van der Waals surface area contributed by atoms with Crippen LogP contribution in [0.15, 0.2) is 150 Å². The number of pyridine rings is 1. The largest absolute Gasteiger partial charge is 0.264 e. The molecule has 1 aromatic heterocycles. The summed E-state index contributed by atoms with van der Waals surface area (Å²) in [6.45, 7) is 0. The Morgan fingerprint density at radius 2 is 1.05 bits per heavy atom. The average molecular weight is 514 g/mol. The maximum absolute atomic E-state index is 4.62. The van der Waals surface area contributed by atoms with Crippen LogP contribution < -0.4 is 0 Å². The van der Waals surface area contributed by atoms with Gasteiger partial charge in [0, 0.05) is 27.6 Å². The minimum absolute atomic E-state index is 1.18. The van der Waals surface area contributed by atoms with Crippen molar-refractivity contribution in [2.24, 2.45) is 0 Å². The molecular weight excluding hydrogens is 490 g/mol. The molecule has 0 amide bonds. The van der Waals surface area contributed by atoms with Gasteiger partial charge in [0.05, 0.1) is 0 Å². The summed E-state index contributed by atoms with van der Waals surface area (Å²) in [5.41, 5.74) is 2.49. The van der Waals surface area contributed by atoms with Crippen molar-refractivity contribution in [1.82, 2.24) is 4.98 Å². The van der Waals surface area contributed by atoms with Gasteiger partial charge in [-0.25, -0.2) is 0 Å². The molecule has 2 heteroatoms. The van der Waals surface area contributed by atoms with E-state index in [0.717, 1.165) is 0 Å². The molecule has 8 aromatic rings. The fourth-order valence-electron chi connectivity index (χ4n) is 6.04. The van der Waals surface area contributed by atoms with Gasteiger partial charge in [0.15, 0.2) is 0 Å². The van der Waals surface area contributed by atoms with Gasteiger partial charge in [-0.05, 0) is 71.7 Å². The van der Waals surface area contributed by atoms with Crippen LogP contribution in [0.3, 0.4) is 0 Å². The minimum atomic E-state index is 1.18. The summed E-state index contributed by atoms with van der Waals surface area (Å²) in [5, 5.41) is 12.6. The predicted octanol–water partition coefficient (Wildman–Crippen LogP) is 10.7. The second-order valence-corrected chi connectivity index (χ2v) is 11.0. The van der Waals surface area contributed by atoms with Gasteiger partial charge in [-0.2, -0.15) is 0 Å². The van der Waals surface area contributed by atoms with E-state index in [9.17, 15) is 0 Å². The van der Waals surface area contributed by atoms with Crippen LogP contribution in [0.2, 0.25) is 0 Å². The van der Waals surface area contributed by atoms with E-state index in [4.69, 9.17) is 0 Å². The second-order valence-electron chi connectivity index (χ2n) is 9.94. The molecule has 39 heavy (non-hydrogen) atoms. The van der Waals surface area contributed by atoms with Gasteiger partial charge in [-0.15, -0.1) is 0 Å². The van der Waals surface area contributed by atoms with Crippen molar-refractivity contribution in [3.05, 3.63) is 140 Å². The fourth-order valence-corrected chi connectivity index (χ4v) is 7.31. The lowest BCUT2D eigenvalue weighted by atomic mass is 9.90. The number of fused-ring (bicyclic) bond motifs is 6. The van der Waals surface area contributed by atoms with Crippen LogP contribution in [0.4, 0.5) is 0 Å². The van der Waals surface area contributed by atoms with E-state index in [0.29, 0.717) is 0 Å². The van der Waals surface area contributed by atoms with Crippen molar-refractivity contribution in [2.75, 3.05) is 0 Å². The monoisotopic (exact) mass is 513 g/mol. The Kier molecular flexibility index (Phi) is 5.14. The lowest BCUT2D eigenvalue weighted by molar-refractivity contribution is 1.36. The Morgan fingerprint density at radius 1 is 0.436 bits per heavy atom. The first-order valence-electron chi connectivity index (χ1n) is 13.2. The van der Waals surface area contributed by atoms with E-state index in [-0.39, 0.29) is 0 Å². The average Bonchev–Trinajstić information content (AvgIpc) is 3.01. The molecule has 0 radical (unpaired) electrons. The van der Waals surface area contributed by atoms with Crippen LogP contribution in [-0.2, 0) is 0 Å². The highest BCUT2D eigenvalue weighted by atomic mass is 32.2. The first-order valence-corrected chi connectivity index (χ1v) is 14.0.